The Labute approximate surface area is 310 Å². The molecule has 1 aliphatic heterocycles. The molecule has 1 atom stereocenters. The summed E-state index contributed by atoms with van der Waals surface area (Å²) in [4.78, 5) is 4.95. The number of hydrogen-bond donors (Lipinski definition) is 0. The number of nitrogens with zero attached hydrogens (tertiary/aromatic N) is 2. The first kappa shape index (κ1) is 37.6. The van der Waals surface area contributed by atoms with Crippen molar-refractivity contribution in [3.05, 3.63) is 125 Å². The standard InChI is InChI=1S/C23H30N.C17H18NO2.ClH.Pb.Ru/c1-6-18-12-11-13-19(7-2)21(18)24-17-23(5,16-22(24,3)4)20-14-9-8-10-15-20;1-13-10-16(19-3)17(20-4)11-14(13)12-18(2)15-8-6-5-7-9-15;;;/h8-15,17H,6-7,16H2,1-5H3;1,5-11H,2,12H2,3-4H3;1H;;/q-1;;;;+1/p-1. The van der Waals surface area contributed by atoms with Gasteiger partial charge in [0.15, 0.2) is 0 Å². The molecule has 47 heavy (non-hydrogen) atoms. The van der Waals surface area contributed by atoms with Gasteiger partial charge in [0.05, 0.1) is 0 Å². The number of benzene rings is 4. The van der Waals surface area contributed by atoms with Gasteiger partial charge in [0.25, 0.3) is 0 Å². The van der Waals surface area contributed by atoms with Gasteiger partial charge in [0, 0.05) is 11.2 Å². The molecule has 4 aromatic carbocycles. The normalized spacial score (nSPS) is 17.1. The summed E-state index contributed by atoms with van der Waals surface area (Å²) in [7, 11) is 9.34. The van der Waals surface area contributed by atoms with Crippen LogP contribution in [-0.4, -0.2) is 54.2 Å². The van der Waals surface area contributed by atoms with Crippen LogP contribution in [0, 0.1) is 6.54 Å². The summed E-state index contributed by atoms with van der Waals surface area (Å²) in [6.45, 7) is 15.0. The maximum atomic E-state index is 6.02. The molecule has 0 bridgehead atoms. The van der Waals surface area contributed by atoms with Gasteiger partial charge in [-0.2, -0.15) is 0 Å². The van der Waals surface area contributed by atoms with E-state index in [9.17, 15) is 0 Å². The molecular weight excluding hydrogens is 884 g/mol. The van der Waals surface area contributed by atoms with Crippen molar-refractivity contribution >= 4 is 51.4 Å². The number of ether oxygens (including phenoxy) is 2. The fraction of sp³-hybridized carbons (Fsp3) is 0.350. The molecule has 0 amide bonds. The molecule has 0 aromatic heterocycles. The Bertz CT molecular complexity index is 1590. The molecule has 5 rings (SSSR count). The molecule has 7 heteroatoms. The van der Waals surface area contributed by atoms with E-state index < -0.39 is 0 Å². The van der Waals surface area contributed by atoms with Crippen molar-refractivity contribution < 1.29 is 25.2 Å². The molecule has 4 nitrogen and oxygen atoms in total. The van der Waals surface area contributed by atoms with Gasteiger partial charge in [-0.25, -0.2) is 6.54 Å². The Hall–Kier alpha value is -2.21. The zero-order chi connectivity index (χ0) is 34.0. The van der Waals surface area contributed by atoms with Crippen molar-refractivity contribution in [3.8, 4) is 11.5 Å². The first-order valence-electron chi connectivity index (χ1n) is 16.2. The van der Waals surface area contributed by atoms with Gasteiger partial charge in [-0.05, 0) is 44.2 Å². The van der Waals surface area contributed by atoms with E-state index >= 15 is 0 Å². The molecule has 3 radical (unpaired) electrons. The SMILES string of the molecule is CCc1cccc(CC)c1N1[CH-]C(C)(c2ccccc2)CC1(C)C.COc1cc([CH]=[Ru][Cl])c(CN([CH2][Pb])c2ccccc2)cc1OC. The third-order valence-corrected chi connectivity index (χ3v) is 11.6. The first-order chi connectivity index (χ1) is 22.6. The Kier molecular flexibility index (Phi) is 14.0. The molecule has 0 N–H and O–H groups in total. The summed E-state index contributed by atoms with van der Waals surface area (Å²) in [5.41, 5.74) is 9.52. The fourth-order valence-corrected chi connectivity index (χ4v) is 8.98. The number of aryl methyl sites for hydroxylation is 2. The van der Waals surface area contributed by atoms with Crippen molar-refractivity contribution in [2.45, 2.75) is 71.4 Å². The maximum absolute atomic E-state index is 6.02. The molecule has 1 aliphatic rings. The van der Waals surface area contributed by atoms with E-state index in [1.807, 2.05) is 12.1 Å². The number of rotatable bonds is 11. The molecule has 0 spiro atoms. The van der Waals surface area contributed by atoms with Crippen LogP contribution in [0.5, 0.6) is 11.5 Å². The number of hydrogen-bond acceptors (Lipinski definition) is 4. The molecule has 250 valence electrons. The zero-order valence-electron chi connectivity index (χ0n) is 28.8. The van der Waals surface area contributed by atoms with Crippen LogP contribution in [0.15, 0.2) is 91.0 Å². The van der Waals surface area contributed by atoms with Crippen LogP contribution in [-0.2, 0) is 40.5 Å². The molecule has 4 aromatic rings. The number of methoxy groups -OCH3 is 2. The average Bonchev–Trinajstić information content (AvgIpc) is 3.36. The van der Waals surface area contributed by atoms with Crippen LogP contribution >= 0.6 is 9.69 Å². The topological polar surface area (TPSA) is 24.9 Å². The number of anilines is 2. The van der Waals surface area contributed by atoms with Gasteiger partial charge in [0.1, 0.15) is 0 Å². The number of halogens is 1. The third kappa shape index (κ3) is 9.07. The zero-order valence-corrected chi connectivity index (χ0v) is 35.2. The molecule has 1 unspecified atom stereocenters. The Morgan fingerprint density at radius 3 is 1.96 bits per heavy atom. The predicted molar refractivity (Wildman–Crippen MR) is 198 cm³/mol. The second-order valence-electron chi connectivity index (χ2n) is 12.7. The summed E-state index contributed by atoms with van der Waals surface area (Å²) >= 11 is 0.810. The average molecular weight is 933 g/mol. The van der Waals surface area contributed by atoms with Crippen LogP contribution in [0.3, 0.4) is 0 Å². The van der Waals surface area contributed by atoms with E-state index in [2.05, 4.69) is 134 Å². The van der Waals surface area contributed by atoms with E-state index in [4.69, 9.17) is 19.2 Å². The molecule has 1 heterocycles. The number of para-hydroxylation sites is 2. The monoisotopic (exact) mass is 933 g/mol. The molecule has 1 fully saturated rings. The van der Waals surface area contributed by atoms with Gasteiger partial charge in [-0.1, -0.05) is 74.9 Å². The summed E-state index contributed by atoms with van der Waals surface area (Å²) in [6.07, 6.45) is 3.28. The quantitative estimate of drug-likeness (QED) is 0.111. The Morgan fingerprint density at radius 2 is 1.43 bits per heavy atom. The van der Waals surface area contributed by atoms with Gasteiger partial charge >= 0.3 is 166 Å². The van der Waals surface area contributed by atoms with E-state index in [0.29, 0.717) is 0 Å². The van der Waals surface area contributed by atoms with Crippen molar-refractivity contribution in [3.63, 3.8) is 0 Å². The van der Waals surface area contributed by atoms with Crippen LogP contribution < -0.4 is 19.3 Å². The van der Waals surface area contributed by atoms with Gasteiger partial charge < -0.3 is 4.90 Å². The predicted octanol–water partition coefficient (Wildman–Crippen LogP) is 9.14. The minimum absolute atomic E-state index is 0.0800. The van der Waals surface area contributed by atoms with Gasteiger partial charge in [-0.15, -0.1) is 5.41 Å². The fourth-order valence-electron chi connectivity index (χ4n) is 6.67. The third-order valence-electron chi connectivity index (χ3n) is 8.97. The molecular formula is C40H48ClN2O2PbRu-. The van der Waals surface area contributed by atoms with Crippen LogP contribution in [0.25, 0.3) is 0 Å². The van der Waals surface area contributed by atoms with Crippen molar-refractivity contribution in [1.29, 1.82) is 0 Å². The van der Waals surface area contributed by atoms with Crippen molar-refractivity contribution in [2.24, 2.45) is 0 Å². The summed E-state index contributed by atoms with van der Waals surface area (Å²) in [5, 5.41) is 0. The van der Waals surface area contributed by atoms with E-state index in [1.165, 1.54) is 33.6 Å². The summed E-state index contributed by atoms with van der Waals surface area (Å²) < 4.78 is 14.0. The van der Waals surface area contributed by atoms with E-state index in [0.717, 1.165) is 72.7 Å². The Balaban J connectivity index is 0.000000213. The van der Waals surface area contributed by atoms with E-state index in [1.54, 1.807) is 14.2 Å². The van der Waals surface area contributed by atoms with Crippen LogP contribution in [0.1, 0.15) is 68.9 Å². The van der Waals surface area contributed by atoms with Gasteiger partial charge in [0.2, 0.25) is 0 Å². The first-order valence-corrected chi connectivity index (χ1v) is 22.2. The van der Waals surface area contributed by atoms with Crippen molar-refractivity contribution in [2.75, 3.05) is 28.1 Å². The molecule has 0 aliphatic carbocycles. The Morgan fingerprint density at radius 1 is 0.851 bits per heavy atom. The minimum atomic E-state index is -0.296. The molecule has 1 saturated heterocycles. The van der Waals surface area contributed by atoms with Crippen LogP contribution in [0.2, 0.25) is 0 Å². The summed E-state index contributed by atoms with van der Waals surface area (Å²) in [6, 6.07) is 32.3. The van der Waals surface area contributed by atoms with Crippen molar-refractivity contribution in [1.82, 2.24) is 0 Å². The second-order valence-corrected chi connectivity index (χ2v) is 15.7. The van der Waals surface area contributed by atoms with E-state index in [-0.39, 0.29) is 26.6 Å². The second kappa shape index (κ2) is 17.4. The molecule has 0 saturated carbocycles. The van der Waals surface area contributed by atoms with Crippen LogP contribution in [0.4, 0.5) is 11.4 Å². The summed E-state index contributed by atoms with van der Waals surface area (Å²) in [5.74, 6) is 1.50. The van der Waals surface area contributed by atoms with Gasteiger partial charge in [-0.3, -0.25) is 0 Å².